The molecule has 0 fully saturated rings. The standard InChI is InChI=1S/C18H28N2O/c1-2-3-4-5-6-7-8-9-13-20-14-16(15-21)17-11-10-12-19-18(17)20/h10-12,14,21H,2-9,13,15H2,1H3. The van der Waals surface area contributed by atoms with E-state index in [1.165, 1.54) is 51.4 Å². The van der Waals surface area contributed by atoms with Crippen molar-refractivity contribution in [2.45, 2.75) is 71.4 Å². The monoisotopic (exact) mass is 288 g/mol. The molecule has 0 aliphatic heterocycles. The number of rotatable bonds is 10. The number of nitrogens with zero attached hydrogens (tertiary/aromatic N) is 2. The Bertz CT molecular complexity index is 533. The predicted molar refractivity (Wildman–Crippen MR) is 88.3 cm³/mol. The Morgan fingerprint density at radius 3 is 2.48 bits per heavy atom. The normalized spacial score (nSPS) is 11.3. The molecule has 0 saturated heterocycles. The number of aryl methyl sites for hydroxylation is 1. The van der Waals surface area contributed by atoms with E-state index in [-0.39, 0.29) is 6.61 Å². The number of fused-ring (bicyclic) bond motifs is 1. The van der Waals surface area contributed by atoms with E-state index >= 15 is 0 Å². The fourth-order valence-electron chi connectivity index (χ4n) is 2.91. The van der Waals surface area contributed by atoms with Crippen LogP contribution in [-0.4, -0.2) is 14.7 Å². The second-order valence-electron chi connectivity index (χ2n) is 5.86. The van der Waals surface area contributed by atoms with E-state index in [0.29, 0.717) is 0 Å². The van der Waals surface area contributed by atoms with Crippen LogP contribution in [0.4, 0.5) is 0 Å². The van der Waals surface area contributed by atoms with E-state index in [1.54, 1.807) is 0 Å². The largest absolute Gasteiger partial charge is 0.392 e. The average molecular weight is 288 g/mol. The fourth-order valence-corrected chi connectivity index (χ4v) is 2.91. The summed E-state index contributed by atoms with van der Waals surface area (Å²) in [5.41, 5.74) is 1.99. The number of hydrogen-bond donors (Lipinski definition) is 1. The summed E-state index contributed by atoms with van der Waals surface area (Å²) in [7, 11) is 0. The molecule has 0 radical (unpaired) electrons. The molecule has 2 rings (SSSR count). The quantitative estimate of drug-likeness (QED) is 0.645. The third-order valence-electron chi connectivity index (χ3n) is 4.14. The van der Waals surface area contributed by atoms with Crippen molar-refractivity contribution in [3.05, 3.63) is 30.1 Å². The van der Waals surface area contributed by atoms with Crippen molar-refractivity contribution in [1.29, 1.82) is 0 Å². The number of aromatic nitrogens is 2. The highest BCUT2D eigenvalue weighted by molar-refractivity contribution is 5.80. The number of pyridine rings is 1. The first-order valence-electron chi connectivity index (χ1n) is 8.40. The number of aliphatic hydroxyl groups is 1. The molecule has 0 atom stereocenters. The third-order valence-corrected chi connectivity index (χ3v) is 4.14. The van der Waals surface area contributed by atoms with Crippen molar-refractivity contribution in [2.24, 2.45) is 0 Å². The number of hydrogen-bond acceptors (Lipinski definition) is 2. The van der Waals surface area contributed by atoms with Crippen LogP contribution in [0.15, 0.2) is 24.5 Å². The topological polar surface area (TPSA) is 38.0 Å². The summed E-state index contributed by atoms with van der Waals surface area (Å²) in [4.78, 5) is 4.45. The molecule has 2 heterocycles. The van der Waals surface area contributed by atoms with Gasteiger partial charge in [-0.05, 0) is 18.6 Å². The number of unbranched alkanes of at least 4 members (excludes halogenated alkanes) is 7. The van der Waals surface area contributed by atoms with Gasteiger partial charge in [0.15, 0.2) is 0 Å². The Kier molecular flexibility index (Phi) is 6.74. The van der Waals surface area contributed by atoms with Gasteiger partial charge in [0.2, 0.25) is 0 Å². The number of aliphatic hydroxyl groups excluding tert-OH is 1. The lowest BCUT2D eigenvalue weighted by molar-refractivity contribution is 0.283. The molecule has 0 aliphatic rings. The SMILES string of the molecule is CCCCCCCCCCn1cc(CO)c2cccnc21. The van der Waals surface area contributed by atoms with Gasteiger partial charge in [-0.3, -0.25) is 0 Å². The van der Waals surface area contributed by atoms with E-state index in [9.17, 15) is 5.11 Å². The van der Waals surface area contributed by atoms with Crippen molar-refractivity contribution >= 4 is 11.0 Å². The minimum absolute atomic E-state index is 0.0899. The fraction of sp³-hybridized carbons (Fsp3) is 0.611. The molecule has 116 valence electrons. The summed E-state index contributed by atoms with van der Waals surface area (Å²) in [6, 6.07) is 3.97. The smallest absolute Gasteiger partial charge is 0.140 e. The van der Waals surface area contributed by atoms with Crippen LogP contribution >= 0.6 is 0 Å². The molecule has 0 bridgehead atoms. The second kappa shape index (κ2) is 8.83. The van der Waals surface area contributed by atoms with Crippen LogP contribution < -0.4 is 0 Å². The summed E-state index contributed by atoms with van der Waals surface area (Å²) in [5.74, 6) is 0. The predicted octanol–water partition coefficient (Wildman–Crippen LogP) is 4.67. The first-order valence-corrected chi connectivity index (χ1v) is 8.40. The highest BCUT2D eigenvalue weighted by atomic mass is 16.3. The van der Waals surface area contributed by atoms with Crippen molar-refractivity contribution in [3.8, 4) is 0 Å². The summed E-state index contributed by atoms with van der Waals surface area (Å²) in [6.45, 7) is 3.35. The third kappa shape index (κ3) is 4.57. The molecule has 0 saturated carbocycles. The van der Waals surface area contributed by atoms with E-state index < -0.39 is 0 Å². The van der Waals surface area contributed by atoms with E-state index in [1.807, 2.05) is 18.3 Å². The van der Waals surface area contributed by atoms with Crippen LogP contribution in [0.2, 0.25) is 0 Å². The maximum Gasteiger partial charge on any atom is 0.140 e. The van der Waals surface area contributed by atoms with Gasteiger partial charge < -0.3 is 9.67 Å². The zero-order valence-electron chi connectivity index (χ0n) is 13.2. The van der Waals surface area contributed by atoms with Gasteiger partial charge in [-0.25, -0.2) is 4.98 Å². The van der Waals surface area contributed by atoms with E-state index in [2.05, 4.69) is 22.7 Å². The minimum atomic E-state index is 0.0899. The van der Waals surface area contributed by atoms with Gasteiger partial charge in [0.25, 0.3) is 0 Å². The van der Waals surface area contributed by atoms with E-state index in [4.69, 9.17) is 0 Å². The van der Waals surface area contributed by atoms with Gasteiger partial charge in [-0.2, -0.15) is 0 Å². The first kappa shape index (κ1) is 16.0. The molecule has 1 N–H and O–H groups in total. The second-order valence-corrected chi connectivity index (χ2v) is 5.86. The molecule has 3 nitrogen and oxygen atoms in total. The molecular formula is C18H28N2O. The Balaban J connectivity index is 1.76. The minimum Gasteiger partial charge on any atom is -0.392 e. The maximum atomic E-state index is 9.42. The van der Waals surface area contributed by atoms with Crippen LogP contribution in [0.25, 0.3) is 11.0 Å². The van der Waals surface area contributed by atoms with Gasteiger partial charge >= 0.3 is 0 Å². The van der Waals surface area contributed by atoms with Gasteiger partial charge in [0, 0.05) is 29.9 Å². The molecule has 21 heavy (non-hydrogen) atoms. The first-order chi connectivity index (χ1) is 10.4. The van der Waals surface area contributed by atoms with Crippen LogP contribution in [0, 0.1) is 0 Å². The summed E-state index contributed by atoms with van der Waals surface area (Å²) >= 11 is 0. The van der Waals surface area contributed by atoms with E-state index in [0.717, 1.165) is 23.1 Å². The molecule has 0 amide bonds. The van der Waals surface area contributed by atoms with Crippen LogP contribution in [0.5, 0.6) is 0 Å². The van der Waals surface area contributed by atoms with Crippen molar-refractivity contribution in [3.63, 3.8) is 0 Å². The Morgan fingerprint density at radius 2 is 1.76 bits per heavy atom. The molecular weight excluding hydrogens is 260 g/mol. The molecule has 0 aromatic carbocycles. The van der Waals surface area contributed by atoms with Crippen LogP contribution in [0.3, 0.4) is 0 Å². The van der Waals surface area contributed by atoms with Gasteiger partial charge in [0.1, 0.15) is 5.65 Å². The van der Waals surface area contributed by atoms with Crippen LogP contribution in [0.1, 0.15) is 63.9 Å². The van der Waals surface area contributed by atoms with Crippen molar-refractivity contribution in [2.75, 3.05) is 0 Å². The van der Waals surface area contributed by atoms with Crippen LogP contribution in [-0.2, 0) is 13.2 Å². The molecule has 0 aliphatic carbocycles. The molecule has 2 aromatic rings. The van der Waals surface area contributed by atoms with Crippen molar-refractivity contribution in [1.82, 2.24) is 9.55 Å². The lowest BCUT2D eigenvalue weighted by Gasteiger charge is -2.05. The van der Waals surface area contributed by atoms with Gasteiger partial charge in [-0.1, -0.05) is 51.9 Å². The summed E-state index contributed by atoms with van der Waals surface area (Å²) in [5, 5.41) is 10.5. The maximum absolute atomic E-state index is 9.42. The Hall–Kier alpha value is -1.35. The van der Waals surface area contributed by atoms with Gasteiger partial charge in [-0.15, -0.1) is 0 Å². The zero-order valence-corrected chi connectivity index (χ0v) is 13.2. The highest BCUT2D eigenvalue weighted by Crippen LogP contribution is 2.20. The lowest BCUT2D eigenvalue weighted by Crippen LogP contribution is -1.97. The molecule has 3 heteroatoms. The Labute approximate surface area is 128 Å². The summed E-state index contributed by atoms with van der Waals surface area (Å²) in [6.07, 6.45) is 14.5. The molecule has 2 aromatic heterocycles. The van der Waals surface area contributed by atoms with Gasteiger partial charge in [0.05, 0.1) is 6.61 Å². The summed E-state index contributed by atoms with van der Waals surface area (Å²) < 4.78 is 2.19. The lowest BCUT2D eigenvalue weighted by atomic mass is 10.1. The zero-order chi connectivity index (χ0) is 14.9. The molecule has 0 unspecified atom stereocenters. The average Bonchev–Trinajstić information content (AvgIpc) is 2.88. The van der Waals surface area contributed by atoms with Crippen molar-refractivity contribution < 1.29 is 5.11 Å². The molecule has 0 spiro atoms. The highest BCUT2D eigenvalue weighted by Gasteiger charge is 2.07. The Morgan fingerprint density at radius 1 is 1.05 bits per heavy atom.